The quantitative estimate of drug-likeness (QED) is 0.928. The fourth-order valence-electron chi connectivity index (χ4n) is 2.55. The van der Waals surface area contributed by atoms with Crippen LogP contribution < -0.4 is 5.32 Å². The van der Waals surface area contributed by atoms with Crippen LogP contribution in [0.1, 0.15) is 17.5 Å². The van der Waals surface area contributed by atoms with E-state index in [0.717, 1.165) is 31.4 Å². The van der Waals surface area contributed by atoms with Gasteiger partial charge in [-0.25, -0.2) is 4.98 Å². The predicted molar refractivity (Wildman–Crippen MR) is 82.0 cm³/mol. The number of piperazine rings is 1. The monoisotopic (exact) mass is 275 g/mol. The highest BCUT2D eigenvalue weighted by Gasteiger charge is 2.09. The summed E-state index contributed by atoms with van der Waals surface area (Å²) >= 11 is 1.84. The maximum atomic E-state index is 4.62. The van der Waals surface area contributed by atoms with E-state index in [2.05, 4.69) is 40.3 Å². The first-order valence-corrected chi connectivity index (χ1v) is 7.98. The summed E-state index contributed by atoms with van der Waals surface area (Å²) in [6, 6.07) is 6.75. The summed E-state index contributed by atoms with van der Waals surface area (Å²) in [6.07, 6.45) is 2.19. The summed E-state index contributed by atoms with van der Waals surface area (Å²) in [5, 5.41) is 4.64. The van der Waals surface area contributed by atoms with Gasteiger partial charge in [0.2, 0.25) is 0 Å². The number of benzene rings is 1. The van der Waals surface area contributed by atoms with Crippen molar-refractivity contribution in [2.75, 3.05) is 32.7 Å². The number of nitrogens with one attached hydrogen (secondary N) is 1. The van der Waals surface area contributed by atoms with Crippen molar-refractivity contribution in [3.05, 3.63) is 28.8 Å². The van der Waals surface area contributed by atoms with Crippen molar-refractivity contribution in [3.8, 4) is 0 Å². The number of thiazole rings is 1. The molecule has 0 saturated carbocycles. The third kappa shape index (κ3) is 3.14. The molecule has 0 unspecified atom stereocenters. The van der Waals surface area contributed by atoms with Crippen LogP contribution in [-0.2, 0) is 12.8 Å². The van der Waals surface area contributed by atoms with E-state index < -0.39 is 0 Å². The molecule has 1 fully saturated rings. The van der Waals surface area contributed by atoms with Gasteiger partial charge in [-0.05, 0) is 30.5 Å². The van der Waals surface area contributed by atoms with Gasteiger partial charge in [0.1, 0.15) is 0 Å². The van der Waals surface area contributed by atoms with E-state index >= 15 is 0 Å². The molecule has 3 rings (SSSR count). The van der Waals surface area contributed by atoms with E-state index in [-0.39, 0.29) is 0 Å². The van der Waals surface area contributed by atoms with Crippen molar-refractivity contribution >= 4 is 21.6 Å². The Morgan fingerprint density at radius 3 is 2.95 bits per heavy atom. The van der Waals surface area contributed by atoms with Crippen LogP contribution in [0.15, 0.2) is 18.2 Å². The first-order valence-electron chi connectivity index (χ1n) is 7.16. The first-order chi connectivity index (χ1) is 9.35. The summed E-state index contributed by atoms with van der Waals surface area (Å²) < 4.78 is 1.34. The Balaban J connectivity index is 1.66. The lowest BCUT2D eigenvalue weighted by Crippen LogP contribution is -2.44. The summed E-state index contributed by atoms with van der Waals surface area (Å²) in [4.78, 5) is 7.17. The Labute approximate surface area is 118 Å². The van der Waals surface area contributed by atoms with Crippen LogP contribution in [0.4, 0.5) is 0 Å². The van der Waals surface area contributed by atoms with Crippen molar-refractivity contribution in [1.82, 2.24) is 15.2 Å². The Bertz CT molecular complexity index is 543. The van der Waals surface area contributed by atoms with Gasteiger partial charge in [-0.1, -0.05) is 13.0 Å². The molecule has 0 bridgehead atoms. The Morgan fingerprint density at radius 2 is 2.16 bits per heavy atom. The van der Waals surface area contributed by atoms with Gasteiger partial charge in [0.05, 0.1) is 15.2 Å². The first kappa shape index (κ1) is 13.0. The number of nitrogens with zero attached hydrogens (tertiary/aromatic N) is 2. The van der Waals surface area contributed by atoms with E-state index in [9.17, 15) is 0 Å². The summed E-state index contributed by atoms with van der Waals surface area (Å²) in [7, 11) is 0. The zero-order valence-electron chi connectivity index (χ0n) is 11.5. The highest BCUT2D eigenvalue weighted by molar-refractivity contribution is 7.18. The van der Waals surface area contributed by atoms with Gasteiger partial charge in [-0.15, -0.1) is 11.3 Å². The smallest absolute Gasteiger partial charge is 0.0935 e. The van der Waals surface area contributed by atoms with Crippen LogP contribution in [0, 0.1) is 0 Å². The maximum absolute atomic E-state index is 4.62. The second-order valence-corrected chi connectivity index (χ2v) is 6.22. The number of aryl methyl sites for hydroxylation is 1. The van der Waals surface area contributed by atoms with E-state index in [1.165, 1.54) is 34.9 Å². The predicted octanol–water partition coefficient (Wildman–Crippen LogP) is 2.31. The second kappa shape index (κ2) is 5.99. The topological polar surface area (TPSA) is 28.2 Å². The van der Waals surface area contributed by atoms with Gasteiger partial charge in [-0.2, -0.15) is 0 Å². The third-order valence-electron chi connectivity index (χ3n) is 3.73. The summed E-state index contributed by atoms with van der Waals surface area (Å²) in [5.41, 5.74) is 2.60. The van der Waals surface area contributed by atoms with E-state index in [1.807, 2.05) is 11.3 Å². The molecule has 1 aliphatic heterocycles. The molecular formula is C15H21N3S. The molecule has 0 spiro atoms. The average molecular weight is 275 g/mol. The Kier molecular flexibility index (Phi) is 4.11. The minimum Gasteiger partial charge on any atom is -0.314 e. The lowest BCUT2D eigenvalue weighted by atomic mass is 10.1. The standard InChI is InChI=1S/C15H21N3S/c1-2-15-17-13-4-3-12(11-14(13)19-15)5-8-18-9-6-16-7-10-18/h3-4,11,16H,2,5-10H2,1H3. The van der Waals surface area contributed by atoms with Crippen molar-refractivity contribution in [2.45, 2.75) is 19.8 Å². The number of hydrogen-bond donors (Lipinski definition) is 1. The molecule has 4 heteroatoms. The molecule has 1 aromatic heterocycles. The average Bonchev–Trinajstić information content (AvgIpc) is 2.88. The van der Waals surface area contributed by atoms with Gasteiger partial charge in [-0.3, -0.25) is 0 Å². The molecule has 3 nitrogen and oxygen atoms in total. The molecule has 1 saturated heterocycles. The SMILES string of the molecule is CCc1nc2ccc(CCN3CCNCC3)cc2s1. The number of fused-ring (bicyclic) bond motifs is 1. The molecule has 0 amide bonds. The molecule has 1 N–H and O–H groups in total. The van der Waals surface area contributed by atoms with Gasteiger partial charge < -0.3 is 10.2 Å². The van der Waals surface area contributed by atoms with Crippen LogP contribution >= 0.6 is 11.3 Å². The highest BCUT2D eigenvalue weighted by Crippen LogP contribution is 2.23. The molecular weight excluding hydrogens is 254 g/mol. The van der Waals surface area contributed by atoms with Gasteiger partial charge >= 0.3 is 0 Å². The molecule has 19 heavy (non-hydrogen) atoms. The Morgan fingerprint density at radius 1 is 1.32 bits per heavy atom. The number of aromatic nitrogens is 1. The van der Waals surface area contributed by atoms with Crippen LogP contribution in [0.3, 0.4) is 0 Å². The van der Waals surface area contributed by atoms with Gasteiger partial charge in [0.25, 0.3) is 0 Å². The Hall–Kier alpha value is -0.970. The second-order valence-electron chi connectivity index (χ2n) is 5.10. The largest absolute Gasteiger partial charge is 0.314 e. The normalized spacial score (nSPS) is 17.1. The molecule has 102 valence electrons. The fraction of sp³-hybridized carbons (Fsp3) is 0.533. The zero-order chi connectivity index (χ0) is 13.1. The minimum absolute atomic E-state index is 1.04. The minimum atomic E-state index is 1.04. The molecule has 0 radical (unpaired) electrons. The third-order valence-corrected chi connectivity index (χ3v) is 4.89. The van der Waals surface area contributed by atoms with Crippen molar-refractivity contribution in [3.63, 3.8) is 0 Å². The lowest BCUT2D eigenvalue weighted by Gasteiger charge is -2.27. The van der Waals surface area contributed by atoms with Crippen LogP contribution in [0.25, 0.3) is 10.2 Å². The van der Waals surface area contributed by atoms with E-state index in [1.54, 1.807) is 0 Å². The lowest BCUT2D eigenvalue weighted by molar-refractivity contribution is 0.244. The van der Waals surface area contributed by atoms with Crippen molar-refractivity contribution < 1.29 is 0 Å². The summed E-state index contributed by atoms with van der Waals surface area (Å²) in [5.74, 6) is 0. The number of rotatable bonds is 4. The molecule has 2 heterocycles. The van der Waals surface area contributed by atoms with Gasteiger partial charge in [0, 0.05) is 32.7 Å². The zero-order valence-corrected chi connectivity index (χ0v) is 12.3. The van der Waals surface area contributed by atoms with Gasteiger partial charge in [0.15, 0.2) is 0 Å². The molecule has 1 aromatic carbocycles. The van der Waals surface area contributed by atoms with E-state index in [4.69, 9.17) is 0 Å². The van der Waals surface area contributed by atoms with Crippen molar-refractivity contribution in [1.29, 1.82) is 0 Å². The van der Waals surface area contributed by atoms with Crippen LogP contribution in [-0.4, -0.2) is 42.6 Å². The fourth-order valence-corrected chi connectivity index (χ4v) is 3.52. The van der Waals surface area contributed by atoms with Crippen molar-refractivity contribution in [2.24, 2.45) is 0 Å². The maximum Gasteiger partial charge on any atom is 0.0935 e. The van der Waals surface area contributed by atoms with E-state index in [0.29, 0.717) is 0 Å². The molecule has 2 aromatic rings. The molecule has 0 atom stereocenters. The highest BCUT2D eigenvalue weighted by atomic mass is 32.1. The molecule has 1 aliphatic rings. The number of hydrogen-bond acceptors (Lipinski definition) is 4. The molecule has 0 aliphatic carbocycles. The van der Waals surface area contributed by atoms with Crippen LogP contribution in [0.2, 0.25) is 0 Å². The van der Waals surface area contributed by atoms with Crippen LogP contribution in [0.5, 0.6) is 0 Å². The summed E-state index contributed by atoms with van der Waals surface area (Å²) in [6.45, 7) is 7.97.